The molecule has 1 heterocycles. The first kappa shape index (κ1) is 15.7. The third-order valence-corrected chi connectivity index (χ3v) is 4.53. The molecule has 0 aliphatic carbocycles. The first-order valence-electron chi connectivity index (χ1n) is 6.66. The van der Waals surface area contributed by atoms with Gasteiger partial charge in [-0.2, -0.15) is 0 Å². The van der Waals surface area contributed by atoms with Crippen LogP contribution in [-0.4, -0.2) is 12.9 Å². The lowest BCUT2D eigenvalue weighted by molar-refractivity contribution is 0.104. The number of rotatable bonds is 4. The molecule has 116 valence electrons. The van der Waals surface area contributed by atoms with E-state index >= 15 is 0 Å². The maximum absolute atomic E-state index is 12.4. The van der Waals surface area contributed by atoms with Crippen LogP contribution in [-0.2, 0) is 0 Å². The largest absolute Gasteiger partial charge is 0.496 e. The SMILES string of the molecule is COc1cc2oc(=O)sc2cc1C(=O)/C=C/c1ccc(Br)cc1. The van der Waals surface area contributed by atoms with Crippen LogP contribution in [0.2, 0.25) is 0 Å². The quantitative estimate of drug-likeness (QED) is 0.485. The molecule has 0 amide bonds. The number of allylic oxidation sites excluding steroid dienone is 1. The number of carbonyl (C=O) groups is 1. The zero-order chi connectivity index (χ0) is 16.4. The van der Waals surface area contributed by atoms with E-state index in [4.69, 9.17) is 9.15 Å². The second kappa shape index (κ2) is 6.52. The summed E-state index contributed by atoms with van der Waals surface area (Å²) in [6, 6.07) is 10.8. The normalized spacial score (nSPS) is 11.2. The Balaban J connectivity index is 1.96. The molecule has 0 saturated carbocycles. The minimum Gasteiger partial charge on any atom is -0.496 e. The number of hydrogen-bond donors (Lipinski definition) is 0. The highest BCUT2D eigenvalue weighted by Gasteiger charge is 2.14. The Labute approximate surface area is 144 Å². The van der Waals surface area contributed by atoms with Crippen LogP contribution in [0.3, 0.4) is 0 Å². The Morgan fingerprint density at radius 2 is 2.00 bits per heavy atom. The van der Waals surface area contributed by atoms with Crippen LogP contribution in [0.15, 0.2) is 56.2 Å². The number of hydrogen-bond acceptors (Lipinski definition) is 5. The van der Waals surface area contributed by atoms with Gasteiger partial charge in [-0.15, -0.1) is 0 Å². The van der Waals surface area contributed by atoms with Crippen LogP contribution in [0.5, 0.6) is 5.75 Å². The van der Waals surface area contributed by atoms with Gasteiger partial charge < -0.3 is 9.15 Å². The standard InChI is InChI=1S/C17H11BrO4S/c1-21-14-9-15-16(23-17(20)22-15)8-12(14)13(19)7-4-10-2-5-11(18)6-3-10/h2-9H,1H3/b7-4+. The van der Waals surface area contributed by atoms with Gasteiger partial charge in [0, 0.05) is 10.5 Å². The van der Waals surface area contributed by atoms with Gasteiger partial charge in [-0.25, -0.2) is 4.79 Å². The van der Waals surface area contributed by atoms with Crippen LogP contribution < -0.4 is 9.68 Å². The smallest absolute Gasteiger partial charge is 0.396 e. The third kappa shape index (κ3) is 3.43. The molecule has 0 atom stereocenters. The summed E-state index contributed by atoms with van der Waals surface area (Å²) in [5.74, 6) is 0.178. The number of ether oxygens (including phenoxy) is 1. The predicted octanol–water partition coefficient (Wildman–Crippen LogP) is 4.52. The van der Waals surface area contributed by atoms with Crippen LogP contribution >= 0.6 is 27.3 Å². The molecule has 23 heavy (non-hydrogen) atoms. The highest BCUT2D eigenvalue weighted by molar-refractivity contribution is 9.10. The van der Waals surface area contributed by atoms with Gasteiger partial charge in [0.25, 0.3) is 0 Å². The fourth-order valence-electron chi connectivity index (χ4n) is 2.10. The van der Waals surface area contributed by atoms with Crippen LogP contribution in [0.4, 0.5) is 0 Å². The Bertz CT molecular complexity index is 951. The summed E-state index contributed by atoms with van der Waals surface area (Å²) < 4.78 is 11.9. The molecule has 2 aromatic carbocycles. The number of ketones is 1. The van der Waals surface area contributed by atoms with Gasteiger partial charge in [0.05, 0.1) is 17.4 Å². The van der Waals surface area contributed by atoms with E-state index in [1.54, 1.807) is 18.2 Å². The molecule has 3 aromatic rings. The minimum atomic E-state index is -0.406. The van der Waals surface area contributed by atoms with E-state index in [1.165, 1.54) is 13.2 Å². The zero-order valence-electron chi connectivity index (χ0n) is 12.0. The predicted molar refractivity (Wildman–Crippen MR) is 94.4 cm³/mol. The Kier molecular flexibility index (Phi) is 4.45. The molecular formula is C17H11BrO4S. The molecular weight excluding hydrogens is 380 g/mol. The summed E-state index contributed by atoms with van der Waals surface area (Å²) in [5, 5.41) is 0. The van der Waals surface area contributed by atoms with Crippen molar-refractivity contribution >= 4 is 49.4 Å². The maximum Gasteiger partial charge on any atom is 0.396 e. The fourth-order valence-corrected chi connectivity index (χ4v) is 3.05. The lowest BCUT2D eigenvalue weighted by Gasteiger charge is -2.05. The average Bonchev–Trinajstić information content (AvgIpc) is 2.91. The molecule has 0 fully saturated rings. The molecule has 0 radical (unpaired) electrons. The van der Waals surface area contributed by atoms with Crippen molar-refractivity contribution < 1.29 is 13.9 Å². The van der Waals surface area contributed by atoms with Gasteiger partial charge in [-0.3, -0.25) is 4.79 Å². The second-order valence-electron chi connectivity index (χ2n) is 4.70. The molecule has 0 unspecified atom stereocenters. The van der Waals surface area contributed by atoms with Gasteiger partial charge in [-0.1, -0.05) is 45.5 Å². The van der Waals surface area contributed by atoms with E-state index in [9.17, 15) is 9.59 Å². The number of methoxy groups -OCH3 is 1. The molecule has 3 rings (SSSR count). The van der Waals surface area contributed by atoms with E-state index in [1.807, 2.05) is 24.3 Å². The minimum absolute atomic E-state index is 0.201. The molecule has 6 heteroatoms. The first-order valence-corrected chi connectivity index (χ1v) is 8.27. The van der Waals surface area contributed by atoms with Gasteiger partial charge in [0.15, 0.2) is 11.4 Å². The summed E-state index contributed by atoms with van der Waals surface area (Å²) in [6.07, 6.45) is 3.21. The number of halogens is 1. The lowest BCUT2D eigenvalue weighted by Crippen LogP contribution is -1.98. The van der Waals surface area contributed by atoms with Crippen LogP contribution in [0.1, 0.15) is 15.9 Å². The van der Waals surface area contributed by atoms with Crippen molar-refractivity contribution in [1.82, 2.24) is 0 Å². The number of carbonyl (C=O) groups excluding carboxylic acids is 1. The highest BCUT2D eigenvalue weighted by Crippen LogP contribution is 2.28. The number of benzene rings is 2. The van der Waals surface area contributed by atoms with Gasteiger partial charge in [-0.05, 0) is 29.8 Å². The Morgan fingerprint density at radius 3 is 2.70 bits per heavy atom. The fraction of sp³-hybridized carbons (Fsp3) is 0.0588. The van der Waals surface area contributed by atoms with E-state index in [0.717, 1.165) is 21.4 Å². The Morgan fingerprint density at radius 1 is 1.26 bits per heavy atom. The van der Waals surface area contributed by atoms with E-state index < -0.39 is 4.94 Å². The molecule has 1 aromatic heterocycles. The van der Waals surface area contributed by atoms with Crippen molar-refractivity contribution in [3.05, 3.63) is 67.8 Å². The average molecular weight is 391 g/mol. The van der Waals surface area contributed by atoms with Crippen LogP contribution in [0.25, 0.3) is 16.4 Å². The van der Waals surface area contributed by atoms with E-state index in [0.29, 0.717) is 21.6 Å². The molecule has 0 aliphatic rings. The first-order chi connectivity index (χ1) is 11.1. The van der Waals surface area contributed by atoms with E-state index in [-0.39, 0.29) is 5.78 Å². The number of fused-ring (bicyclic) bond motifs is 1. The third-order valence-electron chi connectivity index (χ3n) is 3.22. The molecule has 4 nitrogen and oxygen atoms in total. The monoisotopic (exact) mass is 390 g/mol. The van der Waals surface area contributed by atoms with Gasteiger partial charge in [0.2, 0.25) is 0 Å². The molecule has 0 aliphatic heterocycles. The molecule has 0 spiro atoms. The van der Waals surface area contributed by atoms with Crippen molar-refractivity contribution in [1.29, 1.82) is 0 Å². The zero-order valence-corrected chi connectivity index (χ0v) is 14.4. The summed E-state index contributed by atoms with van der Waals surface area (Å²) in [4.78, 5) is 23.3. The van der Waals surface area contributed by atoms with Crippen molar-refractivity contribution in [3.8, 4) is 5.75 Å². The van der Waals surface area contributed by atoms with Crippen molar-refractivity contribution in [3.63, 3.8) is 0 Å². The summed E-state index contributed by atoms with van der Waals surface area (Å²) in [6.45, 7) is 0. The second-order valence-corrected chi connectivity index (χ2v) is 6.60. The van der Waals surface area contributed by atoms with Gasteiger partial charge >= 0.3 is 4.94 Å². The maximum atomic E-state index is 12.4. The van der Waals surface area contributed by atoms with Gasteiger partial charge in [0.1, 0.15) is 5.75 Å². The van der Waals surface area contributed by atoms with Crippen molar-refractivity contribution in [2.75, 3.05) is 7.11 Å². The Hall–Kier alpha value is -2.18. The molecule has 0 N–H and O–H groups in total. The summed E-state index contributed by atoms with van der Waals surface area (Å²) >= 11 is 4.32. The van der Waals surface area contributed by atoms with E-state index in [2.05, 4.69) is 15.9 Å². The molecule has 0 bridgehead atoms. The lowest BCUT2D eigenvalue weighted by atomic mass is 10.1. The summed E-state index contributed by atoms with van der Waals surface area (Å²) in [7, 11) is 1.47. The highest BCUT2D eigenvalue weighted by atomic mass is 79.9. The topological polar surface area (TPSA) is 56.5 Å². The van der Waals surface area contributed by atoms with Crippen molar-refractivity contribution in [2.45, 2.75) is 0 Å². The van der Waals surface area contributed by atoms with Crippen molar-refractivity contribution in [2.24, 2.45) is 0 Å². The summed E-state index contributed by atoms with van der Waals surface area (Å²) in [5.41, 5.74) is 1.73. The van der Waals surface area contributed by atoms with Crippen LogP contribution in [0, 0.1) is 0 Å². The molecule has 0 saturated heterocycles.